The van der Waals surface area contributed by atoms with Gasteiger partial charge in [0.1, 0.15) is 6.04 Å². The molecule has 2 aliphatic carbocycles. The summed E-state index contributed by atoms with van der Waals surface area (Å²) in [4.78, 5) is 16.9. The number of amides is 1. The summed E-state index contributed by atoms with van der Waals surface area (Å²) in [6.45, 7) is 3.86. The van der Waals surface area contributed by atoms with Gasteiger partial charge < -0.3 is 9.80 Å². The van der Waals surface area contributed by atoms with E-state index in [4.69, 9.17) is 0 Å². The predicted molar refractivity (Wildman–Crippen MR) is 111 cm³/mol. The molecule has 1 amide bonds. The number of carbonyl (C=O) groups excluding carboxylic acids is 1. The molecule has 3 atom stereocenters. The lowest BCUT2D eigenvalue weighted by Crippen LogP contribution is -3.15. The Labute approximate surface area is 168 Å². The van der Waals surface area contributed by atoms with Crippen LogP contribution >= 0.6 is 0 Å². The van der Waals surface area contributed by atoms with E-state index in [1.807, 2.05) is 0 Å². The first-order valence-electron chi connectivity index (χ1n) is 11.0. The van der Waals surface area contributed by atoms with Crippen molar-refractivity contribution in [1.82, 2.24) is 4.90 Å². The minimum atomic E-state index is 0.333. The number of nitrogens with one attached hydrogen (secondary N) is 1. The first-order chi connectivity index (χ1) is 13.8. The molecule has 28 heavy (non-hydrogen) atoms. The summed E-state index contributed by atoms with van der Waals surface area (Å²) >= 11 is 0. The number of piperazine rings is 1. The fourth-order valence-corrected chi connectivity index (χ4v) is 6.04. The van der Waals surface area contributed by atoms with E-state index in [2.05, 4.69) is 65.6 Å². The summed E-state index contributed by atoms with van der Waals surface area (Å²) in [6.07, 6.45) is 5.12. The van der Waals surface area contributed by atoms with Crippen molar-refractivity contribution in [3.63, 3.8) is 0 Å². The highest BCUT2D eigenvalue weighted by Gasteiger charge is 2.45. The Morgan fingerprint density at radius 3 is 1.96 bits per heavy atom. The number of quaternary nitrogens is 1. The van der Waals surface area contributed by atoms with Gasteiger partial charge in [-0.15, -0.1) is 0 Å². The van der Waals surface area contributed by atoms with E-state index in [9.17, 15) is 4.79 Å². The molecule has 5 rings (SSSR count). The summed E-state index contributed by atoms with van der Waals surface area (Å²) in [7, 11) is 0. The van der Waals surface area contributed by atoms with Crippen LogP contribution in [0.4, 0.5) is 0 Å². The zero-order valence-corrected chi connectivity index (χ0v) is 16.6. The van der Waals surface area contributed by atoms with Crippen LogP contribution in [-0.4, -0.2) is 37.0 Å². The van der Waals surface area contributed by atoms with Crippen molar-refractivity contribution in [3.8, 4) is 0 Å². The molecule has 0 spiro atoms. The van der Waals surface area contributed by atoms with E-state index in [0.29, 0.717) is 23.8 Å². The van der Waals surface area contributed by atoms with E-state index >= 15 is 0 Å². The van der Waals surface area contributed by atoms with Gasteiger partial charge in [0.2, 0.25) is 5.91 Å². The average Bonchev–Trinajstić information content (AvgIpc) is 3.39. The number of fused-ring (bicyclic) bond motifs is 2. The molecule has 2 saturated carbocycles. The van der Waals surface area contributed by atoms with Crippen molar-refractivity contribution in [2.75, 3.05) is 26.2 Å². The molecule has 1 aliphatic heterocycles. The molecule has 0 aromatic heterocycles. The highest BCUT2D eigenvalue weighted by molar-refractivity contribution is 5.79. The molecular weight excluding hydrogens is 344 g/mol. The van der Waals surface area contributed by atoms with Gasteiger partial charge in [-0.2, -0.15) is 0 Å². The van der Waals surface area contributed by atoms with Crippen LogP contribution < -0.4 is 4.90 Å². The normalized spacial score (nSPS) is 27.5. The highest BCUT2D eigenvalue weighted by Crippen LogP contribution is 2.48. The Morgan fingerprint density at radius 2 is 1.46 bits per heavy atom. The highest BCUT2D eigenvalue weighted by atomic mass is 16.2. The summed E-state index contributed by atoms with van der Waals surface area (Å²) in [5, 5.41) is 0. The van der Waals surface area contributed by atoms with Crippen molar-refractivity contribution in [2.45, 2.75) is 31.7 Å². The summed E-state index contributed by atoms with van der Waals surface area (Å²) < 4.78 is 0. The third kappa shape index (κ3) is 3.37. The maximum Gasteiger partial charge on any atom is 0.226 e. The van der Waals surface area contributed by atoms with Gasteiger partial charge in [0, 0.05) is 17.0 Å². The Balaban J connectivity index is 1.29. The van der Waals surface area contributed by atoms with Crippen LogP contribution in [-0.2, 0) is 4.79 Å². The average molecular weight is 376 g/mol. The van der Waals surface area contributed by atoms with Crippen LogP contribution in [0, 0.1) is 17.8 Å². The first kappa shape index (κ1) is 17.9. The summed E-state index contributed by atoms with van der Waals surface area (Å²) in [5.74, 6) is 2.32. The Hall–Kier alpha value is -2.13. The molecule has 0 radical (unpaired) electrons. The third-order valence-corrected chi connectivity index (χ3v) is 7.45. The van der Waals surface area contributed by atoms with Gasteiger partial charge in [0.15, 0.2) is 0 Å². The standard InChI is InChI=1S/C25H30N2O/c28-25(23-18-19-11-12-22(23)17-19)27-15-13-26(14-16-27)24(20-7-3-1-4-8-20)21-9-5-2-6-10-21/h1-10,19,22-24H,11-18H2/p+1/t19-,22-,23-/m1/s1. The molecular formula is C25H31N2O+. The van der Waals surface area contributed by atoms with Crippen molar-refractivity contribution in [1.29, 1.82) is 0 Å². The minimum Gasteiger partial charge on any atom is -0.331 e. The van der Waals surface area contributed by atoms with Crippen LogP contribution in [0.5, 0.6) is 0 Å². The van der Waals surface area contributed by atoms with Crippen molar-refractivity contribution >= 4 is 5.91 Å². The van der Waals surface area contributed by atoms with Crippen molar-refractivity contribution in [3.05, 3.63) is 71.8 Å². The first-order valence-corrected chi connectivity index (χ1v) is 11.0. The summed E-state index contributed by atoms with van der Waals surface area (Å²) in [6, 6.07) is 22.1. The van der Waals surface area contributed by atoms with Gasteiger partial charge in [0.05, 0.1) is 26.2 Å². The van der Waals surface area contributed by atoms with Crippen LogP contribution in [0.25, 0.3) is 0 Å². The van der Waals surface area contributed by atoms with E-state index < -0.39 is 0 Å². The molecule has 3 heteroatoms. The molecule has 2 aromatic carbocycles. The summed E-state index contributed by atoms with van der Waals surface area (Å²) in [5.41, 5.74) is 2.74. The van der Waals surface area contributed by atoms with E-state index in [1.165, 1.54) is 30.4 Å². The van der Waals surface area contributed by atoms with Gasteiger partial charge in [-0.3, -0.25) is 4.79 Å². The molecule has 2 aromatic rings. The molecule has 3 aliphatic rings. The molecule has 3 fully saturated rings. The van der Waals surface area contributed by atoms with Crippen molar-refractivity contribution in [2.24, 2.45) is 17.8 Å². The quantitative estimate of drug-likeness (QED) is 0.873. The maximum absolute atomic E-state index is 13.1. The number of hydrogen-bond acceptors (Lipinski definition) is 1. The fraction of sp³-hybridized carbons (Fsp3) is 0.480. The van der Waals surface area contributed by atoms with Crippen LogP contribution in [0.3, 0.4) is 0 Å². The number of rotatable bonds is 4. The zero-order valence-electron chi connectivity index (χ0n) is 16.6. The molecule has 1 N–H and O–H groups in total. The number of carbonyl (C=O) groups is 1. The lowest BCUT2D eigenvalue weighted by Gasteiger charge is -2.38. The van der Waals surface area contributed by atoms with Crippen molar-refractivity contribution < 1.29 is 9.69 Å². The predicted octanol–water partition coefficient (Wildman–Crippen LogP) is 2.94. The molecule has 0 unspecified atom stereocenters. The molecule has 2 bridgehead atoms. The maximum atomic E-state index is 13.1. The Morgan fingerprint density at radius 1 is 0.857 bits per heavy atom. The Bertz CT molecular complexity index is 758. The SMILES string of the molecule is O=C([C@@H]1C[C@@H]2CC[C@@H]1C2)N1CC[NH+](C(c2ccccc2)c2ccccc2)CC1. The smallest absolute Gasteiger partial charge is 0.226 e. The second kappa shape index (κ2) is 7.71. The Kier molecular flexibility index (Phi) is 4.94. The second-order valence-corrected chi connectivity index (χ2v) is 9.02. The van der Waals surface area contributed by atoms with Gasteiger partial charge in [0.25, 0.3) is 0 Å². The minimum absolute atomic E-state index is 0.333. The number of nitrogens with zero attached hydrogens (tertiary/aromatic N) is 1. The number of hydrogen-bond donors (Lipinski definition) is 1. The number of benzene rings is 2. The molecule has 1 saturated heterocycles. The fourth-order valence-electron chi connectivity index (χ4n) is 6.04. The van der Waals surface area contributed by atoms with Crippen LogP contribution in [0.2, 0.25) is 0 Å². The van der Waals surface area contributed by atoms with Gasteiger partial charge in [-0.1, -0.05) is 67.1 Å². The van der Waals surface area contributed by atoms with Crippen LogP contribution in [0.15, 0.2) is 60.7 Å². The monoisotopic (exact) mass is 375 g/mol. The molecule has 146 valence electrons. The van der Waals surface area contributed by atoms with Gasteiger partial charge in [-0.05, 0) is 31.1 Å². The van der Waals surface area contributed by atoms with Gasteiger partial charge >= 0.3 is 0 Å². The van der Waals surface area contributed by atoms with Crippen LogP contribution in [0.1, 0.15) is 42.9 Å². The lowest BCUT2D eigenvalue weighted by atomic mass is 9.87. The topological polar surface area (TPSA) is 24.8 Å². The largest absolute Gasteiger partial charge is 0.331 e. The zero-order chi connectivity index (χ0) is 18.9. The molecule has 3 nitrogen and oxygen atoms in total. The van der Waals surface area contributed by atoms with E-state index in [1.54, 1.807) is 4.90 Å². The molecule has 1 heterocycles. The lowest BCUT2D eigenvalue weighted by molar-refractivity contribution is -0.929. The second-order valence-electron chi connectivity index (χ2n) is 9.02. The van der Waals surface area contributed by atoms with Gasteiger partial charge in [-0.25, -0.2) is 0 Å². The van der Waals surface area contributed by atoms with E-state index in [-0.39, 0.29) is 0 Å². The third-order valence-electron chi connectivity index (χ3n) is 7.45. The van der Waals surface area contributed by atoms with E-state index in [0.717, 1.165) is 38.5 Å².